The van der Waals surface area contributed by atoms with Gasteiger partial charge in [-0.15, -0.1) is 0 Å². The van der Waals surface area contributed by atoms with Crippen LogP contribution in [0.3, 0.4) is 0 Å². The summed E-state index contributed by atoms with van der Waals surface area (Å²) in [4.78, 5) is 36.0. The molecule has 3 N–H and O–H groups in total. The number of rotatable bonds is 4. The highest BCUT2D eigenvalue weighted by molar-refractivity contribution is 6.28. The molecule has 10 heteroatoms. The highest BCUT2D eigenvalue weighted by Gasteiger charge is 2.07. The Balaban J connectivity index is 0.000000243. The van der Waals surface area contributed by atoms with E-state index in [-0.39, 0.29) is 16.7 Å². The predicted octanol–water partition coefficient (Wildman–Crippen LogP) is 2.05. The molecule has 0 unspecified atom stereocenters. The SMILES string of the molecule is CCNc1nc(C)cc(C(=O)O)n1.Cc1cc(C(=O)O)nc(Cl)n1. The van der Waals surface area contributed by atoms with Crippen molar-refractivity contribution in [1.29, 1.82) is 0 Å². The average molecular weight is 354 g/mol. The number of hydrogen-bond donors (Lipinski definition) is 3. The summed E-state index contributed by atoms with van der Waals surface area (Å²) in [7, 11) is 0. The molecule has 0 saturated heterocycles. The van der Waals surface area contributed by atoms with Crippen molar-refractivity contribution in [3.05, 3.63) is 40.2 Å². The molecule has 9 nitrogen and oxygen atoms in total. The fraction of sp³-hybridized carbons (Fsp3) is 0.286. The van der Waals surface area contributed by atoms with Crippen molar-refractivity contribution in [2.24, 2.45) is 0 Å². The molecule has 0 amide bonds. The van der Waals surface area contributed by atoms with Crippen LogP contribution in [-0.4, -0.2) is 48.6 Å². The molecule has 24 heavy (non-hydrogen) atoms. The monoisotopic (exact) mass is 353 g/mol. The molecule has 0 radical (unpaired) electrons. The van der Waals surface area contributed by atoms with Crippen molar-refractivity contribution < 1.29 is 19.8 Å². The fourth-order valence-corrected chi connectivity index (χ4v) is 1.78. The van der Waals surface area contributed by atoms with E-state index in [1.54, 1.807) is 13.8 Å². The Morgan fingerprint density at radius 3 is 1.96 bits per heavy atom. The van der Waals surface area contributed by atoms with Gasteiger partial charge < -0.3 is 15.5 Å². The largest absolute Gasteiger partial charge is 0.477 e. The smallest absolute Gasteiger partial charge is 0.354 e. The first-order chi connectivity index (χ1) is 11.2. The summed E-state index contributed by atoms with van der Waals surface area (Å²) >= 11 is 5.41. The van der Waals surface area contributed by atoms with E-state index >= 15 is 0 Å². The van der Waals surface area contributed by atoms with Crippen LogP contribution in [0.5, 0.6) is 0 Å². The highest BCUT2D eigenvalue weighted by Crippen LogP contribution is 2.05. The van der Waals surface area contributed by atoms with E-state index in [1.807, 2.05) is 6.92 Å². The Morgan fingerprint density at radius 1 is 1.00 bits per heavy atom. The van der Waals surface area contributed by atoms with Gasteiger partial charge in [-0.1, -0.05) is 0 Å². The molecule has 0 fully saturated rings. The van der Waals surface area contributed by atoms with E-state index in [0.29, 0.717) is 23.9 Å². The summed E-state index contributed by atoms with van der Waals surface area (Å²) in [6.07, 6.45) is 0. The van der Waals surface area contributed by atoms with Crippen LogP contribution in [0.15, 0.2) is 12.1 Å². The van der Waals surface area contributed by atoms with Crippen molar-refractivity contribution >= 4 is 29.5 Å². The van der Waals surface area contributed by atoms with Crippen LogP contribution in [0.2, 0.25) is 5.28 Å². The van der Waals surface area contributed by atoms with Gasteiger partial charge in [-0.3, -0.25) is 0 Å². The number of aromatic carboxylic acids is 2. The number of nitrogens with zero attached hydrogens (tertiary/aromatic N) is 4. The summed E-state index contributed by atoms with van der Waals surface area (Å²) < 4.78 is 0. The van der Waals surface area contributed by atoms with Crippen molar-refractivity contribution in [3.63, 3.8) is 0 Å². The van der Waals surface area contributed by atoms with Gasteiger partial charge in [0.2, 0.25) is 11.2 Å². The first-order valence-electron chi connectivity index (χ1n) is 6.80. The Bertz CT molecular complexity index is 734. The number of carbonyl (C=O) groups is 2. The maximum atomic E-state index is 10.6. The van der Waals surface area contributed by atoms with Gasteiger partial charge in [-0.25, -0.2) is 29.5 Å². The molecule has 0 aliphatic carbocycles. The minimum absolute atomic E-state index is 0.0171. The van der Waals surface area contributed by atoms with Gasteiger partial charge >= 0.3 is 11.9 Å². The lowest BCUT2D eigenvalue weighted by atomic mass is 10.3. The second kappa shape index (κ2) is 8.73. The highest BCUT2D eigenvalue weighted by atomic mass is 35.5. The van der Waals surface area contributed by atoms with Crippen LogP contribution in [0, 0.1) is 13.8 Å². The van der Waals surface area contributed by atoms with E-state index in [1.165, 1.54) is 12.1 Å². The topological polar surface area (TPSA) is 138 Å². The van der Waals surface area contributed by atoms with E-state index in [4.69, 9.17) is 21.8 Å². The van der Waals surface area contributed by atoms with Crippen molar-refractivity contribution in [2.45, 2.75) is 20.8 Å². The third-order valence-corrected chi connectivity index (χ3v) is 2.62. The van der Waals surface area contributed by atoms with Crippen LogP contribution in [0.25, 0.3) is 0 Å². The minimum atomic E-state index is -1.10. The first kappa shape index (κ1) is 19.2. The van der Waals surface area contributed by atoms with E-state index in [9.17, 15) is 9.59 Å². The van der Waals surface area contributed by atoms with Gasteiger partial charge in [0.25, 0.3) is 0 Å². The molecular formula is C14H16ClN5O4. The number of nitrogens with one attached hydrogen (secondary N) is 1. The number of aryl methyl sites for hydroxylation is 2. The number of aromatic nitrogens is 4. The van der Waals surface area contributed by atoms with Crippen molar-refractivity contribution in [3.8, 4) is 0 Å². The summed E-state index contributed by atoms with van der Waals surface area (Å²) in [5.41, 5.74) is 1.12. The molecule has 0 bridgehead atoms. The Morgan fingerprint density at radius 2 is 1.50 bits per heavy atom. The lowest BCUT2D eigenvalue weighted by molar-refractivity contribution is 0.0679. The number of carboxylic acids is 2. The van der Waals surface area contributed by atoms with Crippen LogP contribution >= 0.6 is 11.6 Å². The standard InChI is InChI=1S/C8H11N3O2.C6H5ClN2O2/c1-3-9-8-10-5(2)4-6(11-8)7(12)13;1-3-2-4(5(10)11)9-6(7)8-3/h4H,3H2,1-2H3,(H,12,13)(H,9,10,11);2H,1H3,(H,10,11). The number of anilines is 1. The van der Waals surface area contributed by atoms with E-state index in [0.717, 1.165) is 0 Å². The van der Waals surface area contributed by atoms with Gasteiger partial charge in [0.15, 0.2) is 11.4 Å². The Kier molecular flexibility index (Phi) is 6.99. The second-order valence-corrected chi connectivity index (χ2v) is 4.86. The van der Waals surface area contributed by atoms with Gasteiger partial charge in [0.05, 0.1) is 0 Å². The van der Waals surface area contributed by atoms with Crippen LogP contribution < -0.4 is 5.32 Å². The number of hydrogen-bond acceptors (Lipinski definition) is 7. The van der Waals surface area contributed by atoms with Gasteiger partial charge in [0.1, 0.15) is 0 Å². The minimum Gasteiger partial charge on any atom is -0.477 e. The molecule has 0 aromatic carbocycles. The zero-order valence-corrected chi connectivity index (χ0v) is 14.0. The summed E-state index contributed by atoms with van der Waals surface area (Å²) in [5.74, 6) is -1.78. The summed E-state index contributed by atoms with van der Waals surface area (Å²) in [6.45, 7) is 5.95. The van der Waals surface area contributed by atoms with Gasteiger partial charge in [0, 0.05) is 17.9 Å². The molecule has 2 heterocycles. The maximum Gasteiger partial charge on any atom is 0.354 e. The molecule has 2 aromatic rings. The van der Waals surface area contributed by atoms with Crippen LogP contribution in [0.1, 0.15) is 39.3 Å². The van der Waals surface area contributed by atoms with E-state index in [2.05, 4.69) is 25.3 Å². The number of carboxylic acid groups (broad SMARTS) is 2. The Hall–Kier alpha value is -2.81. The molecule has 0 atom stereocenters. The molecule has 128 valence electrons. The van der Waals surface area contributed by atoms with Crippen molar-refractivity contribution in [1.82, 2.24) is 19.9 Å². The van der Waals surface area contributed by atoms with Crippen molar-refractivity contribution in [2.75, 3.05) is 11.9 Å². The predicted molar refractivity (Wildman–Crippen MR) is 86.6 cm³/mol. The zero-order valence-electron chi connectivity index (χ0n) is 13.2. The molecule has 0 spiro atoms. The zero-order chi connectivity index (χ0) is 18.3. The molecule has 2 aromatic heterocycles. The van der Waals surface area contributed by atoms with E-state index < -0.39 is 11.9 Å². The average Bonchev–Trinajstić information content (AvgIpc) is 2.46. The van der Waals surface area contributed by atoms with Crippen LogP contribution in [0.4, 0.5) is 5.95 Å². The summed E-state index contributed by atoms with van der Waals surface area (Å²) in [5, 5.41) is 20.0. The third-order valence-electron chi connectivity index (χ3n) is 2.45. The quantitative estimate of drug-likeness (QED) is 0.704. The molecule has 0 aliphatic rings. The Labute approximate surface area is 142 Å². The van der Waals surface area contributed by atoms with Gasteiger partial charge in [-0.05, 0) is 44.5 Å². The lowest BCUT2D eigenvalue weighted by Crippen LogP contribution is -2.08. The fourth-order valence-electron chi connectivity index (χ4n) is 1.56. The maximum absolute atomic E-state index is 10.6. The third kappa shape index (κ3) is 6.13. The molecule has 0 aliphatic heterocycles. The normalized spacial score (nSPS) is 9.67. The molecule has 0 saturated carbocycles. The first-order valence-corrected chi connectivity index (χ1v) is 7.18. The van der Waals surface area contributed by atoms with Crippen LogP contribution in [-0.2, 0) is 0 Å². The second-order valence-electron chi connectivity index (χ2n) is 4.52. The molecule has 2 rings (SSSR count). The van der Waals surface area contributed by atoms with Gasteiger partial charge in [-0.2, -0.15) is 0 Å². The lowest BCUT2D eigenvalue weighted by Gasteiger charge is -2.03. The molecular weight excluding hydrogens is 338 g/mol. The summed E-state index contributed by atoms with van der Waals surface area (Å²) in [6, 6.07) is 2.79. The number of halogens is 1.